The number of nitrogens with one attached hydrogen (secondary N) is 2. The van der Waals surface area contributed by atoms with E-state index in [1.54, 1.807) is 7.05 Å². The van der Waals surface area contributed by atoms with Crippen molar-refractivity contribution < 1.29 is 13.2 Å². The monoisotopic (exact) mass is 315 g/mol. The molecular weight excluding hydrogens is 290 g/mol. The normalized spacial score (nSPS) is 35.8. The first kappa shape index (κ1) is 15.2. The second kappa shape index (κ2) is 4.93. The van der Waals surface area contributed by atoms with Gasteiger partial charge in [0.1, 0.15) is 0 Å². The lowest BCUT2D eigenvalue weighted by atomic mass is 9.66. The topological polar surface area (TPSA) is 78.5 Å². The number of rotatable bonds is 2. The Labute approximate surface area is 126 Å². The van der Waals surface area contributed by atoms with Crippen LogP contribution in [-0.4, -0.2) is 58.1 Å². The van der Waals surface area contributed by atoms with Crippen LogP contribution in [0.1, 0.15) is 25.7 Å². The average molecular weight is 315 g/mol. The molecule has 0 aromatic heterocycles. The molecule has 0 bridgehead atoms. The average Bonchev–Trinajstić information content (AvgIpc) is 2.97. The summed E-state index contributed by atoms with van der Waals surface area (Å²) in [4.78, 5) is 12.6. The van der Waals surface area contributed by atoms with Crippen LogP contribution in [0.3, 0.4) is 0 Å². The number of hydrogen-bond acceptors (Lipinski definition) is 4. The maximum atomic E-state index is 12.6. The van der Waals surface area contributed by atoms with Crippen LogP contribution in [0, 0.1) is 16.7 Å². The molecule has 0 aromatic carbocycles. The Morgan fingerprint density at radius 1 is 1.24 bits per heavy atom. The summed E-state index contributed by atoms with van der Waals surface area (Å²) in [7, 11) is -1.58. The van der Waals surface area contributed by atoms with E-state index >= 15 is 0 Å². The Kier molecular flexibility index (Phi) is 3.58. The molecule has 3 aliphatic rings. The van der Waals surface area contributed by atoms with Crippen LogP contribution in [0.25, 0.3) is 0 Å². The molecule has 1 saturated carbocycles. The number of amides is 1. The first-order valence-electron chi connectivity index (χ1n) is 7.72. The molecule has 2 heterocycles. The van der Waals surface area contributed by atoms with Crippen molar-refractivity contribution in [1.82, 2.24) is 14.9 Å². The molecule has 120 valence electrons. The summed E-state index contributed by atoms with van der Waals surface area (Å²) >= 11 is 0. The molecule has 1 amide bonds. The van der Waals surface area contributed by atoms with Crippen LogP contribution < -0.4 is 10.6 Å². The van der Waals surface area contributed by atoms with Crippen molar-refractivity contribution in [3.05, 3.63) is 0 Å². The van der Waals surface area contributed by atoms with Gasteiger partial charge in [0.2, 0.25) is 15.9 Å². The molecule has 0 aromatic rings. The Morgan fingerprint density at radius 2 is 1.90 bits per heavy atom. The zero-order chi connectivity index (χ0) is 15.3. The summed E-state index contributed by atoms with van der Waals surface area (Å²) in [6.45, 7) is 2.80. The van der Waals surface area contributed by atoms with Gasteiger partial charge in [-0.15, -0.1) is 0 Å². The molecule has 2 saturated heterocycles. The van der Waals surface area contributed by atoms with Gasteiger partial charge in [-0.1, -0.05) is 0 Å². The molecule has 0 unspecified atom stereocenters. The number of nitrogens with zero attached hydrogens (tertiary/aromatic N) is 1. The smallest absolute Gasteiger partial charge is 0.227 e. The molecule has 6 nitrogen and oxygen atoms in total. The number of sulfonamides is 1. The summed E-state index contributed by atoms with van der Waals surface area (Å²) < 4.78 is 25.5. The summed E-state index contributed by atoms with van der Waals surface area (Å²) in [6.07, 6.45) is 5.20. The fraction of sp³-hybridized carbons (Fsp3) is 0.929. The van der Waals surface area contributed by atoms with Gasteiger partial charge >= 0.3 is 0 Å². The van der Waals surface area contributed by atoms with Crippen LogP contribution in [0.4, 0.5) is 0 Å². The minimum absolute atomic E-state index is 0.0223. The van der Waals surface area contributed by atoms with Crippen LogP contribution in [0.15, 0.2) is 0 Å². The lowest BCUT2D eigenvalue weighted by molar-refractivity contribution is -0.132. The fourth-order valence-corrected chi connectivity index (χ4v) is 5.80. The van der Waals surface area contributed by atoms with E-state index in [0.717, 1.165) is 38.8 Å². The summed E-state index contributed by atoms with van der Waals surface area (Å²) in [5.41, 5.74) is -0.383. The maximum absolute atomic E-state index is 12.6. The molecule has 1 aliphatic carbocycles. The molecule has 3 rings (SSSR count). The summed E-state index contributed by atoms with van der Waals surface area (Å²) in [6, 6.07) is 0. The minimum atomic E-state index is -3.24. The van der Waals surface area contributed by atoms with Gasteiger partial charge in [0.15, 0.2) is 0 Å². The Bertz CT molecular complexity index is 542. The third-order valence-electron chi connectivity index (χ3n) is 6.07. The van der Waals surface area contributed by atoms with Crippen molar-refractivity contribution in [2.75, 3.05) is 39.5 Å². The number of piperidine rings is 1. The number of carbonyl (C=O) groups excluding carboxylic acids is 1. The summed E-state index contributed by atoms with van der Waals surface area (Å²) in [5, 5.41) is 6.17. The van der Waals surface area contributed by atoms with Gasteiger partial charge in [0.05, 0.1) is 11.7 Å². The minimum Gasteiger partial charge on any atom is -0.359 e. The van der Waals surface area contributed by atoms with Gasteiger partial charge in [0, 0.05) is 20.1 Å². The van der Waals surface area contributed by atoms with Crippen molar-refractivity contribution in [2.24, 2.45) is 16.7 Å². The molecule has 2 N–H and O–H groups in total. The van der Waals surface area contributed by atoms with Crippen molar-refractivity contribution in [2.45, 2.75) is 25.7 Å². The lowest BCUT2D eigenvalue weighted by Gasteiger charge is -2.41. The highest BCUT2D eigenvalue weighted by molar-refractivity contribution is 7.88. The fourth-order valence-electron chi connectivity index (χ4n) is 4.92. The standard InChI is InChI=1S/C14H25N3O3S/c1-15-12(18)14-4-3-13(5-7-16-8-6-13)11(14)9-17(10-14)21(2,19)20/h11,16H,3-10H2,1-2H3,(H,15,18)/t11-,14+/m0/s1. The van der Waals surface area contributed by atoms with E-state index in [-0.39, 0.29) is 17.2 Å². The Morgan fingerprint density at radius 3 is 2.48 bits per heavy atom. The first-order chi connectivity index (χ1) is 9.84. The molecule has 1 spiro atoms. The van der Waals surface area contributed by atoms with Crippen LogP contribution >= 0.6 is 0 Å². The highest BCUT2D eigenvalue weighted by atomic mass is 32.2. The van der Waals surface area contributed by atoms with E-state index in [2.05, 4.69) is 10.6 Å². The molecule has 3 fully saturated rings. The van der Waals surface area contributed by atoms with E-state index in [4.69, 9.17) is 0 Å². The van der Waals surface area contributed by atoms with Crippen molar-refractivity contribution in [1.29, 1.82) is 0 Å². The Balaban J connectivity index is 1.98. The predicted octanol–water partition coefficient (Wildman–Crippen LogP) is -0.226. The van der Waals surface area contributed by atoms with Gasteiger partial charge in [-0.2, -0.15) is 0 Å². The number of hydrogen-bond donors (Lipinski definition) is 2. The SMILES string of the molecule is CNC(=O)[C@@]12CCC3(CCNCC3)[C@@H]1CN(S(C)(=O)=O)C2. The number of carbonyl (C=O) groups is 1. The summed E-state index contributed by atoms with van der Waals surface area (Å²) in [5.74, 6) is 0.177. The van der Waals surface area contributed by atoms with Crippen LogP contribution in [0.2, 0.25) is 0 Å². The second-order valence-corrected chi connectivity index (χ2v) is 8.94. The quantitative estimate of drug-likeness (QED) is 0.738. The first-order valence-corrected chi connectivity index (χ1v) is 9.57. The van der Waals surface area contributed by atoms with E-state index in [9.17, 15) is 13.2 Å². The largest absolute Gasteiger partial charge is 0.359 e. The van der Waals surface area contributed by atoms with Crippen molar-refractivity contribution >= 4 is 15.9 Å². The molecule has 2 aliphatic heterocycles. The Hall–Kier alpha value is -0.660. The van der Waals surface area contributed by atoms with Crippen LogP contribution in [-0.2, 0) is 14.8 Å². The van der Waals surface area contributed by atoms with Gasteiger partial charge in [0.25, 0.3) is 0 Å². The number of fused-ring (bicyclic) bond motifs is 2. The third kappa shape index (κ3) is 2.21. The lowest BCUT2D eigenvalue weighted by Crippen LogP contribution is -2.47. The zero-order valence-corrected chi connectivity index (χ0v) is 13.6. The molecule has 7 heteroatoms. The van der Waals surface area contributed by atoms with Gasteiger partial charge in [-0.25, -0.2) is 12.7 Å². The van der Waals surface area contributed by atoms with Gasteiger partial charge < -0.3 is 10.6 Å². The van der Waals surface area contributed by atoms with Gasteiger partial charge in [-0.05, 0) is 50.1 Å². The zero-order valence-electron chi connectivity index (χ0n) is 12.8. The third-order valence-corrected chi connectivity index (χ3v) is 7.28. The molecule has 2 atom stereocenters. The van der Waals surface area contributed by atoms with Crippen molar-refractivity contribution in [3.63, 3.8) is 0 Å². The molecule has 0 radical (unpaired) electrons. The highest BCUT2D eigenvalue weighted by Gasteiger charge is 2.64. The predicted molar refractivity (Wildman–Crippen MR) is 80.2 cm³/mol. The van der Waals surface area contributed by atoms with Gasteiger partial charge in [-0.3, -0.25) is 4.79 Å². The van der Waals surface area contributed by atoms with Crippen LogP contribution in [0.5, 0.6) is 0 Å². The maximum Gasteiger partial charge on any atom is 0.227 e. The second-order valence-electron chi connectivity index (χ2n) is 6.96. The van der Waals surface area contributed by atoms with E-state index in [1.807, 2.05) is 0 Å². The van der Waals surface area contributed by atoms with Crippen molar-refractivity contribution in [3.8, 4) is 0 Å². The van der Waals surface area contributed by atoms with E-state index < -0.39 is 15.4 Å². The highest BCUT2D eigenvalue weighted by Crippen LogP contribution is 2.61. The van der Waals surface area contributed by atoms with E-state index in [1.165, 1.54) is 10.6 Å². The van der Waals surface area contributed by atoms with E-state index in [0.29, 0.717) is 13.1 Å². The molecular formula is C14H25N3O3S. The molecule has 21 heavy (non-hydrogen) atoms.